The summed E-state index contributed by atoms with van der Waals surface area (Å²) in [6.07, 6.45) is 12.0. The Kier molecular flexibility index (Phi) is 10.3. The minimum atomic E-state index is -0.986. The largest absolute Gasteiger partial charge is 0.478 e. The molecule has 0 heterocycles. The number of unbranched alkanes of at least 4 members (excludes halogenated alkanes) is 1. The Labute approximate surface area is 150 Å². The third-order valence-electron chi connectivity index (χ3n) is 4.93. The summed E-state index contributed by atoms with van der Waals surface area (Å²) in [7, 11) is 0. The molecule has 1 aliphatic rings. The topological polar surface area (TPSA) is 94.8 Å². The zero-order chi connectivity index (χ0) is 18.7. The zero-order valence-electron chi connectivity index (χ0n) is 15.1. The Morgan fingerprint density at radius 2 is 1.96 bits per heavy atom. The average molecular weight is 352 g/mol. The lowest BCUT2D eigenvalue weighted by atomic mass is 9.85. The summed E-state index contributed by atoms with van der Waals surface area (Å²) < 4.78 is 0. The van der Waals surface area contributed by atoms with Crippen LogP contribution in [0.5, 0.6) is 0 Å². The molecule has 5 heteroatoms. The fraction of sp³-hybridized carbons (Fsp3) is 0.700. The predicted molar refractivity (Wildman–Crippen MR) is 97.1 cm³/mol. The standard InChI is InChI=1S/C20H32O5/c1-2-3-9-15(21)10-8-12-17-16(18(22)14-19(17)23)11-6-4-5-7-13-20(24)25/h4-5,7,13,15-17,19,21,23H,2-3,6,8-12,14H2,1H3,(H,24,25)/t15?,16-,17-,19-/m1/s1. The molecular formula is C20H32O5. The monoisotopic (exact) mass is 352 g/mol. The number of carbonyl (C=O) groups is 2. The van der Waals surface area contributed by atoms with Crippen LogP contribution < -0.4 is 0 Å². The summed E-state index contributed by atoms with van der Waals surface area (Å²) in [6, 6.07) is 0. The normalized spacial score (nSPS) is 25.2. The molecule has 3 N–H and O–H groups in total. The van der Waals surface area contributed by atoms with Crippen molar-refractivity contribution in [1.29, 1.82) is 0 Å². The van der Waals surface area contributed by atoms with Crippen LogP contribution in [0.15, 0.2) is 24.3 Å². The van der Waals surface area contributed by atoms with Crippen LogP contribution in [0, 0.1) is 11.8 Å². The van der Waals surface area contributed by atoms with E-state index in [0.29, 0.717) is 12.8 Å². The van der Waals surface area contributed by atoms with Crippen LogP contribution in [0.25, 0.3) is 0 Å². The van der Waals surface area contributed by atoms with E-state index in [0.717, 1.165) is 44.6 Å². The number of allylic oxidation sites excluding steroid dienone is 3. The number of aliphatic hydroxyl groups excluding tert-OH is 2. The van der Waals surface area contributed by atoms with Crippen LogP contribution in [0.1, 0.15) is 64.7 Å². The fourth-order valence-electron chi connectivity index (χ4n) is 3.55. The maximum atomic E-state index is 12.1. The Morgan fingerprint density at radius 1 is 1.24 bits per heavy atom. The van der Waals surface area contributed by atoms with Crippen molar-refractivity contribution in [3.05, 3.63) is 24.3 Å². The van der Waals surface area contributed by atoms with Gasteiger partial charge in [-0.25, -0.2) is 4.79 Å². The van der Waals surface area contributed by atoms with Gasteiger partial charge in [0.15, 0.2) is 0 Å². The number of aliphatic hydroxyl groups is 2. The lowest BCUT2D eigenvalue weighted by Gasteiger charge is -2.21. The molecule has 0 saturated heterocycles. The highest BCUT2D eigenvalue weighted by molar-refractivity contribution is 5.84. The van der Waals surface area contributed by atoms with E-state index in [9.17, 15) is 19.8 Å². The molecule has 0 spiro atoms. The lowest BCUT2D eigenvalue weighted by Crippen LogP contribution is -2.21. The number of ketones is 1. The first-order valence-corrected chi connectivity index (χ1v) is 9.40. The van der Waals surface area contributed by atoms with E-state index in [-0.39, 0.29) is 30.1 Å². The Morgan fingerprint density at radius 3 is 2.64 bits per heavy atom. The first kappa shape index (κ1) is 21.6. The quantitative estimate of drug-likeness (QED) is 0.370. The summed E-state index contributed by atoms with van der Waals surface area (Å²) in [5.41, 5.74) is 0. The van der Waals surface area contributed by atoms with E-state index in [1.54, 1.807) is 6.08 Å². The molecule has 1 fully saturated rings. The fourth-order valence-corrected chi connectivity index (χ4v) is 3.55. The molecule has 0 radical (unpaired) electrons. The van der Waals surface area contributed by atoms with Crippen molar-refractivity contribution in [2.45, 2.75) is 76.9 Å². The molecule has 0 aromatic heterocycles. The highest BCUT2D eigenvalue weighted by Gasteiger charge is 2.40. The number of aliphatic carboxylic acids is 1. The van der Waals surface area contributed by atoms with Crippen molar-refractivity contribution in [2.75, 3.05) is 0 Å². The molecule has 25 heavy (non-hydrogen) atoms. The number of carboxylic acids is 1. The van der Waals surface area contributed by atoms with E-state index in [4.69, 9.17) is 5.11 Å². The predicted octanol–water partition coefficient (Wildman–Crippen LogP) is 3.25. The summed E-state index contributed by atoms with van der Waals surface area (Å²) in [5.74, 6) is -1.01. The molecular weight excluding hydrogens is 320 g/mol. The van der Waals surface area contributed by atoms with Crippen LogP contribution in [0.4, 0.5) is 0 Å². The Bertz CT molecular complexity index is 469. The summed E-state index contributed by atoms with van der Waals surface area (Å²) >= 11 is 0. The molecule has 1 rings (SSSR count). The SMILES string of the molecule is CCCCC(O)CCC[C@H]1[C@H](O)CC(=O)[C@@H]1CCC=CC=CC(=O)O. The van der Waals surface area contributed by atoms with Gasteiger partial charge in [-0.1, -0.05) is 44.4 Å². The smallest absolute Gasteiger partial charge is 0.328 e. The molecule has 0 bridgehead atoms. The molecule has 4 atom stereocenters. The number of carboxylic acid groups (broad SMARTS) is 1. The van der Waals surface area contributed by atoms with Crippen LogP contribution in [0.3, 0.4) is 0 Å². The second-order valence-corrected chi connectivity index (χ2v) is 6.94. The molecule has 0 aliphatic heterocycles. The van der Waals surface area contributed by atoms with Crippen molar-refractivity contribution in [2.24, 2.45) is 11.8 Å². The summed E-state index contributed by atoms with van der Waals surface area (Å²) in [6.45, 7) is 2.10. The number of hydrogen-bond acceptors (Lipinski definition) is 4. The molecule has 142 valence electrons. The van der Waals surface area contributed by atoms with Crippen LogP contribution in [-0.2, 0) is 9.59 Å². The highest BCUT2D eigenvalue weighted by Crippen LogP contribution is 2.36. The van der Waals surface area contributed by atoms with E-state index in [2.05, 4.69) is 6.92 Å². The summed E-state index contributed by atoms with van der Waals surface area (Å²) in [5, 5.41) is 28.6. The van der Waals surface area contributed by atoms with Gasteiger partial charge in [0.25, 0.3) is 0 Å². The number of carbonyl (C=O) groups excluding carboxylic acids is 1. The minimum Gasteiger partial charge on any atom is -0.478 e. The van der Waals surface area contributed by atoms with Gasteiger partial charge in [0.1, 0.15) is 5.78 Å². The van der Waals surface area contributed by atoms with Crippen molar-refractivity contribution in [1.82, 2.24) is 0 Å². The zero-order valence-corrected chi connectivity index (χ0v) is 15.1. The third kappa shape index (κ3) is 8.45. The second kappa shape index (κ2) is 12.0. The molecule has 0 aromatic carbocycles. The van der Waals surface area contributed by atoms with E-state index in [1.807, 2.05) is 6.08 Å². The number of rotatable bonds is 12. The summed E-state index contributed by atoms with van der Waals surface area (Å²) in [4.78, 5) is 22.5. The molecule has 1 aliphatic carbocycles. The Balaban J connectivity index is 2.39. The second-order valence-electron chi connectivity index (χ2n) is 6.94. The van der Waals surface area contributed by atoms with Gasteiger partial charge in [0, 0.05) is 18.4 Å². The van der Waals surface area contributed by atoms with Gasteiger partial charge in [-0.2, -0.15) is 0 Å². The van der Waals surface area contributed by atoms with Gasteiger partial charge in [-0.15, -0.1) is 0 Å². The van der Waals surface area contributed by atoms with Gasteiger partial charge in [-0.3, -0.25) is 4.79 Å². The van der Waals surface area contributed by atoms with Crippen molar-refractivity contribution in [3.8, 4) is 0 Å². The average Bonchev–Trinajstić information content (AvgIpc) is 2.82. The molecule has 1 saturated carbocycles. The molecule has 0 amide bonds. The van der Waals surface area contributed by atoms with E-state index in [1.165, 1.54) is 6.08 Å². The van der Waals surface area contributed by atoms with Gasteiger partial charge in [0.05, 0.1) is 12.2 Å². The van der Waals surface area contributed by atoms with Crippen molar-refractivity contribution in [3.63, 3.8) is 0 Å². The minimum absolute atomic E-state index is 0.0196. The van der Waals surface area contributed by atoms with Gasteiger partial charge in [-0.05, 0) is 38.0 Å². The number of hydrogen-bond donors (Lipinski definition) is 3. The first-order chi connectivity index (χ1) is 12.0. The van der Waals surface area contributed by atoms with Crippen molar-refractivity contribution >= 4 is 11.8 Å². The van der Waals surface area contributed by atoms with E-state index < -0.39 is 12.1 Å². The van der Waals surface area contributed by atoms with Crippen LogP contribution >= 0.6 is 0 Å². The highest BCUT2D eigenvalue weighted by atomic mass is 16.4. The third-order valence-corrected chi connectivity index (χ3v) is 4.93. The Hall–Kier alpha value is -1.46. The molecule has 5 nitrogen and oxygen atoms in total. The van der Waals surface area contributed by atoms with E-state index >= 15 is 0 Å². The van der Waals surface area contributed by atoms with Gasteiger partial charge < -0.3 is 15.3 Å². The lowest BCUT2D eigenvalue weighted by molar-refractivity contribution is -0.131. The van der Waals surface area contributed by atoms with Crippen LogP contribution in [0.2, 0.25) is 0 Å². The van der Waals surface area contributed by atoms with Gasteiger partial charge in [0.2, 0.25) is 0 Å². The maximum Gasteiger partial charge on any atom is 0.328 e. The van der Waals surface area contributed by atoms with Crippen LogP contribution in [-0.4, -0.2) is 39.3 Å². The first-order valence-electron chi connectivity index (χ1n) is 9.40. The number of Topliss-reactive ketones (excluding diaryl/α,β-unsaturated/α-hetero) is 1. The van der Waals surface area contributed by atoms with Crippen molar-refractivity contribution < 1.29 is 24.9 Å². The van der Waals surface area contributed by atoms with Gasteiger partial charge >= 0.3 is 5.97 Å². The maximum absolute atomic E-state index is 12.1. The molecule has 0 aromatic rings. The molecule has 1 unspecified atom stereocenters.